The Kier molecular flexibility index (Phi) is 9.82. The van der Waals surface area contributed by atoms with Gasteiger partial charge >= 0.3 is 0 Å². The van der Waals surface area contributed by atoms with E-state index in [1.807, 2.05) is 18.4 Å². The Hall–Kier alpha value is -1.16. The number of benzene rings is 1. The summed E-state index contributed by atoms with van der Waals surface area (Å²) in [4.78, 5) is 8.53. The molecule has 0 saturated carbocycles. The fraction of sp³-hybridized carbons (Fsp3) is 0.560. The molecule has 0 bridgehead atoms. The van der Waals surface area contributed by atoms with Crippen LogP contribution in [0.15, 0.2) is 52.8 Å². The first-order valence-electron chi connectivity index (χ1n) is 11.5. The normalized spacial score (nSPS) is 23.9. The minimum atomic E-state index is 0. The highest BCUT2D eigenvalue weighted by atomic mass is 127. The molecule has 2 aromatic rings. The molecule has 4 rings (SSSR count). The molecule has 176 valence electrons. The number of guanidine groups is 1. The van der Waals surface area contributed by atoms with E-state index in [0.717, 1.165) is 45.1 Å². The van der Waals surface area contributed by atoms with Crippen molar-refractivity contribution in [2.45, 2.75) is 37.1 Å². The fourth-order valence-corrected chi connectivity index (χ4v) is 6.19. The highest BCUT2D eigenvalue weighted by Gasteiger charge is 2.35. The lowest BCUT2D eigenvalue weighted by molar-refractivity contribution is 0.0513. The second-order valence-electron chi connectivity index (χ2n) is 8.91. The Labute approximate surface area is 214 Å². The van der Waals surface area contributed by atoms with Crippen molar-refractivity contribution in [3.8, 4) is 0 Å². The van der Waals surface area contributed by atoms with Gasteiger partial charge in [0, 0.05) is 49.7 Å². The number of piperidine rings is 1. The molecule has 0 amide bonds. The first-order chi connectivity index (χ1) is 15.2. The number of hydrogen-bond acceptors (Lipinski definition) is 4. The molecule has 2 N–H and O–H groups in total. The summed E-state index contributed by atoms with van der Waals surface area (Å²) in [6.07, 6.45) is 4.58. The van der Waals surface area contributed by atoms with Crippen LogP contribution in [0, 0.1) is 5.92 Å². The van der Waals surface area contributed by atoms with Crippen LogP contribution in [0.4, 0.5) is 0 Å². The smallest absolute Gasteiger partial charge is 0.191 e. The van der Waals surface area contributed by atoms with Crippen molar-refractivity contribution in [2.24, 2.45) is 10.9 Å². The van der Waals surface area contributed by atoms with Crippen LogP contribution in [0.2, 0.25) is 0 Å². The van der Waals surface area contributed by atoms with Gasteiger partial charge in [-0.05, 0) is 62.2 Å². The first kappa shape index (κ1) is 25.5. The number of nitrogens with zero attached hydrogens (tertiary/aromatic N) is 2. The van der Waals surface area contributed by atoms with Crippen LogP contribution in [-0.4, -0.2) is 57.8 Å². The van der Waals surface area contributed by atoms with Gasteiger partial charge in [0.15, 0.2) is 5.96 Å². The van der Waals surface area contributed by atoms with Crippen LogP contribution in [0.25, 0.3) is 0 Å². The van der Waals surface area contributed by atoms with Gasteiger partial charge in [0.05, 0.1) is 0 Å². The molecular formula is C25H37IN4OS. The third kappa shape index (κ3) is 6.04. The number of nitrogens with one attached hydrogen (secondary N) is 2. The van der Waals surface area contributed by atoms with Crippen molar-refractivity contribution in [2.75, 3.05) is 46.9 Å². The Morgan fingerprint density at radius 2 is 1.94 bits per heavy atom. The van der Waals surface area contributed by atoms with Crippen LogP contribution < -0.4 is 10.6 Å². The van der Waals surface area contributed by atoms with E-state index in [-0.39, 0.29) is 29.4 Å². The molecule has 0 radical (unpaired) electrons. The summed E-state index contributed by atoms with van der Waals surface area (Å²) < 4.78 is 5.69. The molecular weight excluding hydrogens is 531 g/mol. The number of aliphatic imine (C=N–C) groups is 1. The second-order valence-corrected chi connectivity index (χ2v) is 9.89. The van der Waals surface area contributed by atoms with Crippen molar-refractivity contribution in [1.82, 2.24) is 15.5 Å². The molecule has 0 aliphatic carbocycles. The molecule has 7 heteroatoms. The zero-order valence-corrected chi connectivity index (χ0v) is 22.4. The van der Waals surface area contributed by atoms with Gasteiger partial charge in [0.2, 0.25) is 0 Å². The Morgan fingerprint density at radius 1 is 1.16 bits per heavy atom. The summed E-state index contributed by atoms with van der Waals surface area (Å²) in [5.41, 5.74) is 1.50. The summed E-state index contributed by atoms with van der Waals surface area (Å²) in [7, 11) is 4.14. The van der Waals surface area contributed by atoms with Crippen molar-refractivity contribution in [3.63, 3.8) is 0 Å². The molecule has 1 aromatic heterocycles. The predicted octanol–water partition coefficient (Wildman–Crippen LogP) is 4.66. The molecule has 3 heterocycles. The lowest BCUT2D eigenvalue weighted by Gasteiger charge is -2.40. The van der Waals surface area contributed by atoms with E-state index in [9.17, 15) is 0 Å². The highest BCUT2D eigenvalue weighted by Crippen LogP contribution is 2.37. The van der Waals surface area contributed by atoms with Gasteiger partial charge < -0.3 is 15.4 Å². The summed E-state index contributed by atoms with van der Waals surface area (Å²) in [6.45, 7) is 4.62. The maximum absolute atomic E-state index is 5.69. The summed E-state index contributed by atoms with van der Waals surface area (Å²) in [5.74, 6) is 1.49. The maximum atomic E-state index is 5.69. The van der Waals surface area contributed by atoms with Crippen molar-refractivity contribution in [3.05, 3.63) is 58.3 Å². The number of hydrogen-bond donors (Lipinski definition) is 2. The van der Waals surface area contributed by atoms with Crippen molar-refractivity contribution < 1.29 is 4.74 Å². The van der Waals surface area contributed by atoms with E-state index in [4.69, 9.17) is 4.74 Å². The number of likely N-dealkylation sites (tertiary alicyclic amines) is 1. The monoisotopic (exact) mass is 568 g/mol. The quantitative estimate of drug-likeness (QED) is 0.303. The van der Waals surface area contributed by atoms with E-state index in [2.05, 4.69) is 75.4 Å². The molecule has 2 fully saturated rings. The number of halogens is 1. The van der Waals surface area contributed by atoms with Crippen molar-refractivity contribution in [1.29, 1.82) is 0 Å². The van der Waals surface area contributed by atoms with Crippen LogP contribution in [0.5, 0.6) is 0 Å². The van der Waals surface area contributed by atoms with Gasteiger partial charge in [-0.15, -0.1) is 35.3 Å². The first-order valence-corrected chi connectivity index (χ1v) is 12.4. The maximum Gasteiger partial charge on any atom is 0.191 e. The molecule has 2 atom stereocenters. The van der Waals surface area contributed by atoms with Crippen LogP contribution >= 0.6 is 35.3 Å². The topological polar surface area (TPSA) is 48.9 Å². The second kappa shape index (κ2) is 12.3. The molecule has 2 saturated heterocycles. The lowest BCUT2D eigenvalue weighted by Crippen LogP contribution is -2.49. The molecule has 0 spiro atoms. The van der Waals surface area contributed by atoms with Gasteiger partial charge in [-0.2, -0.15) is 0 Å². The molecule has 2 aliphatic heterocycles. The van der Waals surface area contributed by atoms with E-state index in [1.54, 1.807) is 0 Å². The van der Waals surface area contributed by atoms with Crippen LogP contribution in [-0.2, 0) is 10.2 Å². The average Bonchev–Trinajstić information content (AvgIpc) is 3.35. The summed E-state index contributed by atoms with van der Waals surface area (Å²) in [6, 6.07) is 15.8. The predicted molar refractivity (Wildman–Crippen MR) is 145 cm³/mol. The standard InChI is InChI=1S/C25H36N4OS.HI/c1-26-24(27-18-20-8-6-14-29(2)23(20)22-11-7-17-31-22)28-19-25(12-15-30-16-13-25)21-9-4-3-5-10-21;/h3-5,7,9-11,17,20,23H,6,8,12-16,18-19H2,1-2H3,(H2,26,27,28);1H. The highest BCUT2D eigenvalue weighted by molar-refractivity contribution is 14.0. The molecule has 1 aromatic carbocycles. The fourth-order valence-electron chi connectivity index (χ4n) is 5.21. The molecule has 5 nitrogen and oxygen atoms in total. The average molecular weight is 569 g/mol. The third-order valence-corrected chi connectivity index (χ3v) is 7.97. The van der Waals surface area contributed by atoms with Gasteiger partial charge in [-0.1, -0.05) is 36.4 Å². The number of rotatable bonds is 6. The molecule has 2 aliphatic rings. The van der Waals surface area contributed by atoms with Crippen LogP contribution in [0.1, 0.15) is 42.2 Å². The summed E-state index contributed by atoms with van der Waals surface area (Å²) >= 11 is 1.88. The molecule has 2 unspecified atom stereocenters. The Morgan fingerprint density at radius 3 is 2.62 bits per heavy atom. The van der Waals surface area contributed by atoms with E-state index >= 15 is 0 Å². The Bertz CT molecular complexity index is 824. The van der Waals surface area contributed by atoms with Gasteiger partial charge in [-0.25, -0.2) is 0 Å². The van der Waals surface area contributed by atoms with Crippen LogP contribution in [0.3, 0.4) is 0 Å². The van der Waals surface area contributed by atoms with E-state index in [0.29, 0.717) is 12.0 Å². The zero-order chi connectivity index (χ0) is 21.5. The zero-order valence-electron chi connectivity index (χ0n) is 19.3. The van der Waals surface area contributed by atoms with E-state index < -0.39 is 0 Å². The number of ether oxygens (including phenoxy) is 1. The minimum Gasteiger partial charge on any atom is -0.381 e. The SMILES string of the molecule is CN=C(NCC1CCCN(C)C1c1cccs1)NCC1(c2ccccc2)CCOCC1.I. The lowest BCUT2D eigenvalue weighted by atomic mass is 9.74. The minimum absolute atomic E-state index is 0. The van der Waals surface area contributed by atoms with Gasteiger partial charge in [0.1, 0.15) is 0 Å². The summed E-state index contributed by atoms with van der Waals surface area (Å²) in [5, 5.41) is 9.49. The van der Waals surface area contributed by atoms with Crippen molar-refractivity contribution >= 4 is 41.3 Å². The largest absolute Gasteiger partial charge is 0.381 e. The molecule has 32 heavy (non-hydrogen) atoms. The Balaban J connectivity index is 0.00000289. The third-order valence-electron chi connectivity index (χ3n) is 7.03. The van der Waals surface area contributed by atoms with E-state index in [1.165, 1.54) is 29.8 Å². The van der Waals surface area contributed by atoms with Gasteiger partial charge in [-0.3, -0.25) is 9.89 Å². The van der Waals surface area contributed by atoms with Gasteiger partial charge in [0.25, 0.3) is 0 Å². The number of thiophene rings is 1.